The maximum absolute atomic E-state index is 14.0. The number of nitrogens with one attached hydrogen (secondary N) is 1. The molecule has 50 heavy (non-hydrogen) atoms. The van der Waals surface area contributed by atoms with E-state index in [9.17, 15) is 13.9 Å². The summed E-state index contributed by atoms with van der Waals surface area (Å²) in [6, 6.07) is 19.4. The molecule has 2 heterocycles. The molecule has 0 atom stereocenters. The molecule has 13 nitrogen and oxygen atoms in total. The van der Waals surface area contributed by atoms with Gasteiger partial charge in [-0.1, -0.05) is 24.3 Å². The average Bonchev–Trinajstić information content (AvgIpc) is 3.52. The number of anilines is 1. The second-order valence-corrected chi connectivity index (χ2v) is 14.8. The number of carbonyl (C=O) groups excluding carboxylic acids is 1. The summed E-state index contributed by atoms with van der Waals surface area (Å²) < 4.78 is 57.5. The smallest absolute Gasteiger partial charge is 0.362 e. The Bertz CT molecular complexity index is 2070. The molecule has 5 aromatic rings. The van der Waals surface area contributed by atoms with E-state index in [4.69, 9.17) is 28.6 Å². The lowest BCUT2D eigenvalue weighted by atomic mass is 10.1. The maximum Gasteiger partial charge on any atom is 0.362 e. The molecule has 0 bridgehead atoms. The van der Waals surface area contributed by atoms with Crippen molar-refractivity contribution in [3.8, 4) is 22.6 Å². The van der Waals surface area contributed by atoms with Crippen molar-refractivity contribution in [3.05, 3.63) is 90.4 Å². The summed E-state index contributed by atoms with van der Waals surface area (Å²) in [7, 11) is -6.23. The fraction of sp³-hybridized carbons (Fsp3) is 0.286. The lowest BCUT2D eigenvalue weighted by Gasteiger charge is -2.24. The van der Waals surface area contributed by atoms with Crippen LogP contribution in [0, 0.1) is 0 Å². The van der Waals surface area contributed by atoms with E-state index in [1.165, 1.54) is 12.4 Å². The first-order valence-corrected chi connectivity index (χ1v) is 19.3. The van der Waals surface area contributed by atoms with Gasteiger partial charge in [0.15, 0.2) is 5.65 Å². The van der Waals surface area contributed by atoms with Crippen molar-refractivity contribution in [1.29, 1.82) is 0 Å². The normalized spacial score (nSPS) is 11.9. The van der Waals surface area contributed by atoms with Crippen LogP contribution in [0.3, 0.4) is 0 Å². The zero-order valence-electron chi connectivity index (χ0n) is 28.6. The van der Waals surface area contributed by atoms with Gasteiger partial charge in [0, 0.05) is 29.6 Å². The van der Waals surface area contributed by atoms with Crippen LogP contribution in [0.1, 0.15) is 43.6 Å². The van der Waals surface area contributed by atoms with Gasteiger partial charge in [-0.15, -0.1) is 0 Å². The molecule has 0 fully saturated rings. The third kappa shape index (κ3) is 7.68. The molecule has 0 unspecified atom stereocenters. The van der Waals surface area contributed by atoms with Crippen LogP contribution in [0.5, 0.6) is 5.75 Å². The molecular weight excluding hydrogens is 680 g/mol. The molecule has 1 amide bonds. The second kappa shape index (κ2) is 16.1. The van der Waals surface area contributed by atoms with E-state index in [2.05, 4.69) is 15.3 Å². The molecule has 0 saturated carbocycles. The van der Waals surface area contributed by atoms with Gasteiger partial charge in [0.25, 0.3) is 5.91 Å². The highest BCUT2D eigenvalue weighted by atomic mass is 31.2. The third-order valence-electron chi connectivity index (χ3n) is 7.66. The van der Waals surface area contributed by atoms with Crippen LogP contribution in [-0.4, -0.2) is 54.0 Å². The van der Waals surface area contributed by atoms with Gasteiger partial charge in [-0.25, -0.2) is 9.97 Å². The molecule has 2 aromatic heterocycles. The minimum absolute atomic E-state index is 0.0539. The molecule has 0 radical (unpaired) electrons. The van der Waals surface area contributed by atoms with Crippen LogP contribution in [0.4, 0.5) is 5.82 Å². The van der Waals surface area contributed by atoms with E-state index >= 15 is 0 Å². The molecule has 5 rings (SSSR count). The first kappa shape index (κ1) is 36.9. The monoisotopic (exact) mass is 721 g/mol. The Balaban J connectivity index is 1.47. The lowest BCUT2D eigenvalue weighted by Crippen LogP contribution is -2.30. The number of hydrogen-bond acceptors (Lipinski definition) is 11. The number of nitrogens with two attached hydrogens (primary N) is 1. The van der Waals surface area contributed by atoms with Gasteiger partial charge in [-0.3, -0.25) is 13.9 Å². The van der Waals surface area contributed by atoms with Gasteiger partial charge in [-0.2, -0.15) is 0 Å². The van der Waals surface area contributed by atoms with Crippen molar-refractivity contribution in [2.75, 3.05) is 39.3 Å². The van der Waals surface area contributed by atoms with Crippen LogP contribution < -0.4 is 26.4 Å². The topological polar surface area (TPSA) is 166 Å². The van der Waals surface area contributed by atoms with Gasteiger partial charge in [-0.05, 0) is 81.3 Å². The van der Waals surface area contributed by atoms with Gasteiger partial charge in [0.2, 0.25) is 0 Å². The minimum Gasteiger partial charge on any atom is -0.497 e. The van der Waals surface area contributed by atoms with E-state index < -0.39 is 15.2 Å². The molecule has 0 aliphatic carbocycles. The highest BCUT2D eigenvalue weighted by Gasteiger charge is 2.39. The Morgan fingerprint density at radius 3 is 2.14 bits per heavy atom. The van der Waals surface area contributed by atoms with E-state index in [0.717, 1.165) is 11.1 Å². The van der Waals surface area contributed by atoms with E-state index in [0.29, 0.717) is 39.4 Å². The lowest BCUT2D eigenvalue weighted by molar-refractivity contribution is 0.0950. The Hall–Kier alpha value is -4.35. The van der Waals surface area contributed by atoms with Crippen LogP contribution >= 0.6 is 15.2 Å². The number of methoxy groups -OCH3 is 1. The Morgan fingerprint density at radius 1 is 0.820 bits per heavy atom. The summed E-state index contributed by atoms with van der Waals surface area (Å²) >= 11 is 0. The summed E-state index contributed by atoms with van der Waals surface area (Å²) in [5.41, 5.74) is 10.2. The van der Waals surface area contributed by atoms with Crippen molar-refractivity contribution in [3.63, 3.8) is 0 Å². The summed E-state index contributed by atoms with van der Waals surface area (Å²) in [5, 5.41) is 3.75. The van der Waals surface area contributed by atoms with E-state index in [1.807, 2.05) is 41.1 Å². The van der Waals surface area contributed by atoms with Crippen LogP contribution in [0.15, 0.2) is 79.3 Å². The molecule has 0 aliphatic rings. The number of fused-ring (bicyclic) bond motifs is 1. The summed E-state index contributed by atoms with van der Waals surface area (Å²) in [6.45, 7) is 7.17. The summed E-state index contributed by atoms with van der Waals surface area (Å²) in [4.78, 5) is 22.3. The summed E-state index contributed by atoms with van der Waals surface area (Å²) in [5.74, 6) is 0.654. The molecule has 3 N–H and O–H groups in total. The van der Waals surface area contributed by atoms with Crippen molar-refractivity contribution in [2.45, 2.75) is 34.2 Å². The van der Waals surface area contributed by atoms with Crippen molar-refractivity contribution >= 4 is 48.6 Å². The van der Waals surface area contributed by atoms with Crippen LogP contribution in [0.2, 0.25) is 0 Å². The van der Waals surface area contributed by atoms with Crippen LogP contribution in [-0.2, 0) is 33.8 Å². The number of nitrogens with zero attached hydrogens (tertiary/aromatic N) is 3. The number of rotatable bonds is 16. The Morgan fingerprint density at radius 2 is 1.48 bits per heavy atom. The van der Waals surface area contributed by atoms with Gasteiger partial charge in [0.05, 0.1) is 49.5 Å². The predicted molar refractivity (Wildman–Crippen MR) is 194 cm³/mol. The first-order valence-electron chi connectivity index (χ1n) is 16.2. The van der Waals surface area contributed by atoms with Crippen molar-refractivity contribution in [1.82, 2.24) is 19.9 Å². The number of aromatic nitrogens is 3. The van der Waals surface area contributed by atoms with Gasteiger partial charge in [0.1, 0.15) is 17.9 Å². The largest absolute Gasteiger partial charge is 0.497 e. The fourth-order valence-electron chi connectivity index (χ4n) is 5.54. The van der Waals surface area contributed by atoms with Crippen molar-refractivity contribution in [2.24, 2.45) is 0 Å². The number of hydrogen-bond donors (Lipinski definition) is 2. The van der Waals surface area contributed by atoms with Crippen molar-refractivity contribution < 1.29 is 36.8 Å². The zero-order valence-corrected chi connectivity index (χ0v) is 30.4. The highest BCUT2D eigenvalue weighted by molar-refractivity contribution is 7.68. The second-order valence-electron chi connectivity index (χ2n) is 10.8. The quantitative estimate of drug-likeness (QED) is 0.108. The predicted octanol–water partition coefficient (Wildman–Crippen LogP) is 6.39. The van der Waals surface area contributed by atoms with Crippen LogP contribution in [0.25, 0.3) is 27.8 Å². The number of benzene rings is 3. The van der Waals surface area contributed by atoms with Gasteiger partial charge < -0.3 is 38.4 Å². The molecular formula is C35H41N5O8P2. The molecule has 0 spiro atoms. The molecule has 264 valence electrons. The average molecular weight is 722 g/mol. The molecule has 0 aliphatic heterocycles. The Kier molecular flexibility index (Phi) is 11.9. The standard InChI is InChI=1S/C35H41N5O8P2/c1-6-45-49(42,46-7-2)30-17-16-24(18-31(30)50(43,47-8-3)48-9-4)21-37-35(41)26-13-10-14-27(19-26)40-22-29(25-12-11-15-28(20-25)44-5)32-33(36)38-23-39-34(32)40/h10-20,22-23H,6-9,21H2,1-5H3,(H,37,41)(H2,36,38,39). The molecule has 0 saturated heterocycles. The maximum atomic E-state index is 14.0. The first-order chi connectivity index (χ1) is 24.1. The number of ether oxygens (including phenoxy) is 1. The number of amides is 1. The zero-order chi connectivity index (χ0) is 35.9. The number of carbonyl (C=O) groups is 1. The fourth-order valence-corrected chi connectivity index (χ4v) is 9.62. The third-order valence-corrected chi connectivity index (χ3v) is 12.2. The minimum atomic E-state index is -3.95. The molecule has 3 aromatic carbocycles. The molecule has 15 heteroatoms. The van der Waals surface area contributed by atoms with E-state index in [1.54, 1.807) is 65.1 Å². The van der Waals surface area contributed by atoms with E-state index in [-0.39, 0.29) is 49.5 Å². The SMILES string of the molecule is CCOP(=O)(OCC)c1ccc(CNC(=O)c2cccc(-n3cc(-c4cccc(OC)c4)c4c(N)ncnc43)c2)cc1P(=O)(OCC)OCC. The number of nitrogen functional groups attached to an aromatic ring is 1. The van der Waals surface area contributed by atoms with Gasteiger partial charge >= 0.3 is 15.2 Å². The summed E-state index contributed by atoms with van der Waals surface area (Å²) in [6.07, 6.45) is 3.31. The highest BCUT2D eigenvalue weighted by Crippen LogP contribution is 2.53. The Labute approximate surface area is 291 Å².